The number of hydrogen-bond acceptors (Lipinski definition) is 4. The van der Waals surface area contributed by atoms with Crippen molar-refractivity contribution in [2.75, 3.05) is 49.2 Å². The summed E-state index contributed by atoms with van der Waals surface area (Å²) < 4.78 is 18.2. The quantitative estimate of drug-likeness (QED) is 0.811. The fraction of sp³-hybridized carbons (Fsp3) is 0.476. The summed E-state index contributed by atoms with van der Waals surface area (Å²) in [5.74, 6) is -0.136. The highest BCUT2D eigenvalue weighted by atomic mass is 19.1. The van der Waals surface area contributed by atoms with E-state index in [1.807, 2.05) is 19.2 Å². The minimum Gasteiger partial charge on any atom is -0.378 e. The van der Waals surface area contributed by atoms with Crippen LogP contribution < -0.4 is 9.80 Å². The fourth-order valence-corrected chi connectivity index (χ4v) is 3.37. The second-order valence-electron chi connectivity index (χ2n) is 6.78. The standard InChI is InChI=1S/C11H14FN.C10H14N2O/c12-10-5-4-6-11(9-10)13-7-2-1-3-8-13;1-9-8-10(2-3-11-9)12-4-6-13-7-5-12/h4-6,9H,1-3,7-8H2;2-3,8H,4-7H2,1H3. The number of halogens is 1. The van der Waals surface area contributed by atoms with Crippen LogP contribution in [-0.4, -0.2) is 44.4 Å². The van der Waals surface area contributed by atoms with Crippen LogP contribution in [0.25, 0.3) is 0 Å². The van der Waals surface area contributed by atoms with Gasteiger partial charge in [-0.05, 0) is 56.5 Å². The summed E-state index contributed by atoms with van der Waals surface area (Å²) >= 11 is 0. The molecule has 0 atom stereocenters. The normalized spacial score (nSPS) is 17.5. The molecule has 0 radical (unpaired) electrons. The molecule has 4 nitrogen and oxygen atoms in total. The molecule has 5 heteroatoms. The molecule has 2 saturated heterocycles. The number of rotatable bonds is 2. The number of anilines is 2. The lowest BCUT2D eigenvalue weighted by Crippen LogP contribution is -2.36. The predicted octanol–water partition coefficient (Wildman–Crippen LogP) is 4.04. The maximum atomic E-state index is 12.9. The van der Waals surface area contributed by atoms with Crippen molar-refractivity contribution in [3.05, 3.63) is 54.1 Å². The van der Waals surface area contributed by atoms with Crippen molar-refractivity contribution in [1.82, 2.24) is 4.98 Å². The molecule has 2 fully saturated rings. The van der Waals surface area contributed by atoms with Gasteiger partial charge in [-0.3, -0.25) is 4.98 Å². The van der Waals surface area contributed by atoms with Gasteiger partial charge in [0.15, 0.2) is 0 Å². The molecule has 1 aromatic heterocycles. The number of aryl methyl sites for hydroxylation is 1. The van der Waals surface area contributed by atoms with Crippen LogP contribution in [0.3, 0.4) is 0 Å². The van der Waals surface area contributed by atoms with E-state index in [4.69, 9.17) is 4.74 Å². The second-order valence-corrected chi connectivity index (χ2v) is 6.78. The van der Waals surface area contributed by atoms with E-state index in [0.717, 1.165) is 50.8 Å². The highest BCUT2D eigenvalue weighted by Crippen LogP contribution is 2.20. The topological polar surface area (TPSA) is 28.6 Å². The zero-order chi connectivity index (χ0) is 18.2. The van der Waals surface area contributed by atoms with Crippen molar-refractivity contribution in [3.63, 3.8) is 0 Å². The number of benzene rings is 1. The van der Waals surface area contributed by atoms with Crippen LogP contribution in [0.2, 0.25) is 0 Å². The molecule has 3 heterocycles. The molecule has 2 aromatic rings. The van der Waals surface area contributed by atoms with E-state index in [9.17, 15) is 4.39 Å². The first-order valence-corrected chi connectivity index (χ1v) is 9.48. The largest absolute Gasteiger partial charge is 0.378 e. The van der Waals surface area contributed by atoms with Crippen LogP contribution >= 0.6 is 0 Å². The van der Waals surface area contributed by atoms with Crippen molar-refractivity contribution in [1.29, 1.82) is 0 Å². The van der Waals surface area contributed by atoms with Crippen molar-refractivity contribution >= 4 is 11.4 Å². The lowest BCUT2D eigenvalue weighted by Gasteiger charge is -2.28. The molecule has 26 heavy (non-hydrogen) atoms. The Kier molecular flexibility index (Phi) is 6.83. The molecule has 0 unspecified atom stereocenters. The number of hydrogen-bond donors (Lipinski definition) is 0. The van der Waals surface area contributed by atoms with E-state index in [-0.39, 0.29) is 5.82 Å². The van der Waals surface area contributed by atoms with E-state index < -0.39 is 0 Å². The maximum Gasteiger partial charge on any atom is 0.125 e. The van der Waals surface area contributed by atoms with Gasteiger partial charge in [0, 0.05) is 49.4 Å². The van der Waals surface area contributed by atoms with E-state index in [1.165, 1.54) is 31.0 Å². The molecule has 0 spiro atoms. The summed E-state index contributed by atoms with van der Waals surface area (Å²) in [7, 11) is 0. The molecule has 0 aliphatic carbocycles. The molecule has 2 aliphatic heterocycles. The molecule has 0 N–H and O–H groups in total. The first kappa shape index (κ1) is 18.6. The summed E-state index contributed by atoms with van der Waals surface area (Å²) in [4.78, 5) is 8.76. The molecule has 2 aliphatic rings. The zero-order valence-corrected chi connectivity index (χ0v) is 15.5. The fourth-order valence-electron chi connectivity index (χ4n) is 3.37. The molecule has 1 aromatic carbocycles. The van der Waals surface area contributed by atoms with Crippen LogP contribution in [0, 0.1) is 12.7 Å². The third-order valence-electron chi connectivity index (χ3n) is 4.79. The van der Waals surface area contributed by atoms with Gasteiger partial charge in [-0.25, -0.2) is 4.39 Å². The van der Waals surface area contributed by atoms with Gasteiger partial charge in [-0.15, -0.1) is 0 Å². The SMILES string of the molecule is Cc1cc(N2CCOCC2)ccn1.Fc1cccc(N2CCCCC2)c1. The molecule has 0 amide bonds. The lowest BCUT2D eigenvalue weighted by molar-refractivity contribution is 0.122. The Morgan fingerprint density at radius 2 is 1.58 bits per heavy atom. The van der Waals surface area contributed by atoms with E-state index in [1.54, 1.807) is 12.1 Å². The van der Waals surface area contributed by atoms with Crippen LogP contribution in [0.15, 0.2) is 42.6 Å². The third-order valence-corrected chi connectivity index (χ3v) is 4.79. The number of ether oxygens (including phenoxy) is 1. The number of piperidine rings is 1. The van der Waals surface area contributed by atoms with Crippen molar-refractivity contribution in [3.8, 4) is 0 Å². The summed E-state index contributed by atoms with van der Waals surface area (Å²) in [6.07, 6.45) is 5.64. The summed E-state index contributed by atoms with van der Waals surface area (Å²) in [5.41, 5.74) is 3.36. The number of morpholine rings is 1. The molecular formula is C21H28FN3O. The van der Waals surface area contributed by atoms with Crippen LogP contribution in [0.5, 0.6) is 0 Å². The minimum atomic E-state index is -0.136. The Morgan fingerprint density at radius 3 is 2.27 bits per heavy atom. The van der Waals surface area contributed by atoms with Crippen molar-refractivity contribution in [2.24, 2.45) is 0 Å². The van der Waals surface area contributed by atoms with Crippen LogP contribution in [0.4, 0.5) is 15.8 Å². The number of pyridine rings is 1. The Labute approximate surface area is 155 Å². The highest BCUT2D eigenvalue weighted by molar-refractivity contribution is 5.47. The van der Waals surface area contributed by atoms with E-state index >= 15 is 0 Å². The molecule has 0 bridgehead atoms. The van der Waals surface area contributed by atoms with Gasteiger partial charge in [0.25, 0.3) is 0 Å². The average Bonchev–Trinajstić information content (AvgIpc) is 2.70. The summed E-state index contributed by atoms with van der Waals surface area (Å²) in [5, 5.41) is 0. The van der Waals surface area contributed by atoms with Crippen LogP contribution in [-0.2, 0) is 4.74 Å². The lowest BCUT2D eigenvalue weighted by atomic mass is 10.1. The maximum absolute atomic E-state index is 12.9. The molecule has 0 saturated carbocycles. The van der Waals surface area contributed by atoms with Gasteiger partial charge in [-0.1, -0.05) is 6.07 Å². The van der Waals surface area contributed by atoms with Gasteiger partial charge >= 0.3 is 0 Å². The Hall–Kier alpha value is -2.14. The van der Waals surface area contributed by atoms with Gasteiger partial charge in [0.2, 0.25) is 0 Å². The first-order valence-electron chi connectivity index (χ1n) is 9.48. The predicted molar refractivity (Wildman–Crippen MR) is 104 cm³/mol. The smallest absolute Gasteiger partial charge is 0.125 e. The second kappa shape index (κ2) is 9.53. The van der Waals surface area contributed by atoms with Crippen molar-refractivity contribution in [2.45, 2.75) is 26.2 Å². The Morgan fingerprint density at radius 1 is 0.885 bits per heavy atom. The van der Waals surface area contributed by atoms with Crippen molar-refractivity contribution < 1.29 is 9.13 Å². The highest BCUT2D eigenvalue weighted by Gasteiger charge is 2.11. The van der Waals surface area contributed by atoms with Crippen LogP contribution in [0.1, 0.15) is 25.0 Å². The number of aromatic nitrogens is 1. The monoisotopic (exact) mass is 357 g/mol. The van der Waals surface area contributed by atoms with Gasteiger partial charge in [-0.2, -0.15) is 0 Å². The third kappa shape index (κ3) is 5.43. The van der Waals surface area contributed by atoms with Gasteiger partial charge in [0.1, 0.15) is 5.82 Å². The summed E-state index contributed by atoms with van der Waals surface area (Å²) in [6, 6.07) is 11.0. The van der Waals surface area contributed by atoms with E-state index in [0.29, 0.717) is 0 Å². The van der Waals surface area contributed by atoms with Gasteiger partial charge < -0.3 is 14.5 Å². The Bertz CT molecular complexity index is 623. The number of nitrogens with zero attached hydrogens (tertiary/aromatic N) is 3. The van der Waals surface area contributed by atoms with E-state index in [2.05, 4.69) is 26.9 Å². The average molecular weight is 357 g/mol. The first-order chi connectivity index (χ1) is 12.7. The summed E-state index contributed by atoms with van der Waals surface area (Å²) in [6.45, 7) is 7.81. The Balaban J connectivity index is 0.000000151. The minimum absolute atomic E-state index is 0.136. The zero-order valence-electron chi connectivity index (χ0n) is 15.5. The molecular weight excluding hydrogens is 329 g/mol. The molecule has 140 valence electrons. The molecule has 4 rings (SSSR count). The van der Waals surface area contributed by atoms with Gasteiger partial charge in [0.05, 0.1) is 13.2 Å².